The molecule has 0 spiro atoms. The Morgan fingerprint density at radius 3 is 2.31 bits per heavy atom. The highest BCUT2D eigenvalue weighted by molar-refractivity contribution is 4.90. The molecule has 0 aliphatic heterocycles. The molecule has 1 aliphatic carbocycles. The third-order valence-corrected chi connectivity index (χ3v) is 4.51. The second kappa shape index (κ2) is 7.00. The monoisotopic (exact) mass is 220 g/mol. The molecule has 0 aromatic heterocycles. The molecule has 1 fully saturated rings. The first kappa shape index (κ1) is 13.6. The average molecular weight is 220 g/mol. The highest BCUT2D eigenvalue weighted by Gasteiger charge is 2.24. The summed E-state index contributed by atoms with van der Waals surface area (Å²) in [7, 11) is 0. The molecule has 0 heteroatoms. The Balaban J connectivity index is 2.33. The minimum atomic E-state index is 0.469. The normalized spacial score (nSPS) is 29.4. The molecule has 1 rings (SSSR count). The van der Waals surface area contributed by atoms with Gasteiger partial charge in [0, 0.05) is 5.92 Å². The summed E-state index contributed by atoms with van der Waals surface area (Å²) in [6.07, 6.45) is 15.2. The van der Waals surface area contributed by atoms with Crippen molar-refractivity contribution >= 4 is 0 Å². The second-order valence-corrected chi connectivity index (χ2v) is 5.83. The molecule has 0 aromatic rings. The van der Waals surface area contributed by atoms with Crippen molar-refractivity contribution in [2.75, 3.05) is 0 Å². The van der Waals surface area contributed by atoms with Crippen LogP contribution in [0.15, 0.2) is 0 Å². The summed E-state index contributed by atoms with van der Waals surface area (Å²) < 4.78 is 0. The summed E-state index contributed by atoms with van der Waals surface area (Å²) in [5.74, 6) is 6.22. The predicted molar refractivity (Wildman–Crippen MR) is 72.1 cm³/mol. The van der Waals surface area contributed by atoms with Crippen LogP contribution in [0.4, 0.5) is 0 Å². The molecule has 2 unspecified atom stereocenters. The van der Waals surface area contributed by atoms with Crippen LogP contribution in [0, 0.1) is 36.0 Å². The molecule has 1 saturated carbocycles. The van der Waals surface area contributed by atoms with E-state index in [0.717, 1.165) is 17.8 Å². The molecule has 0 bridgehead atoms. The molecule has 0 radical (unpaired) electrons. The maximum absolute atomic E-state index is 5.45. The smallest absolute Gasteiger partial charge is 0.0172 e. The van der Waals surface area contributed by atoms with E-state index >= 15 is 0 Å². The van der Waals surface area contributed by atoms with E-state index in [1.807, 2.05) is 0 Å². The van der Waals surface area contributed by atoms with Crippen molar-refractivity contribution in [3.8, 4) is 12.3 Å². The highest BCUT2D eigenvalue weighted by Crippen LogP contribution is 2.36. The van der Waals surface area contributed by atoms with Gasteiger partial charge in [0.1, 0.15) is 0 Å². The van der Waals surface area contributed by atoms with E-state index in [-0.39, 0.29) is 0 Å². The molecule has 2 atom stereocenters. The minimum absolute atomic E-state index is 0.469. The van der Waals surface area contributed by atoms with Crippen molar-refractivity contribution < 1.29 is 0 Å². The van der Waals surface area contributed by atoms with Gasteiger partial charge < -0.3 is 0 Å². The molecule has 1 aliphatic rings. The Bertz CT molecular complexity index is 215. The molecule has 0 heterocycles. The second-order valence-electron chi connectivity index (χ2n) is 5.83. The van der Waals surface area contributed by atoms with Crippen LogP contribution >= 0.6 is 0 Å². The topological polar surface area (TPSA) is 0 Å². The number of terminal acetylenes is 1. The predicted octanol–water partition coefficient (Wildman–Crippen LogP) is 4.89. The van der Waals surface area contributed by atoms with Crippen LogP contribution in [0.1, 0.15) is 65.7 Å². The van der Waals surface area contributed by atoms with Crippen molar-refractivity contribution in [3.63, 3.8) is 0 Å². The SMILES string of the molecule is C#CC(C)CCC(CC)C1CCC(C)CC1. The van der Waals surface area contributed by atoms with Crippen molar-refractivity contribution in [2.45, 2.75) is 65.7 Å². The standard InChI is InChI=1S/C16H28/c1-5-13(3)7-10-15(6-2)16-11-8-14(4)9-12-16/h1,13-16H,6-12H2,2-4H3. The van der Waals surface area contributed by atoms with Crippen LogP contribution in [0.25, 0.3) is 0 Å². The van der Waals surface area contributed by atoms with Crippen LogP contribution in [-0.4, -0.2) is 0 Å². The van der Waals surface area contributed by atoms with Gasteiger partial charge >= 0.3 is 0 Å². The van der Waals surface area contributed by atoms with Gasteiger partial charge in [0.25, 0.3) is 0 Å². The molecule has 0 nitrogen and oxygen atoms in total. The summed E-state index contributed by atoms with van der Waals surface area (Å²) in [5, 5.41) is 0. The number of hydrogen-bond acceptors (Lipinski definition) is 0. The van der Waals surface area contributed by atoms with Crippen molar-refractivity contribution in [2.24, 2.45) is 23.7 Å². The Hall–Kier alpha value is -0.440. The van der Waals surface area contributed by atoms with Gasteiger partial charge in [-0.15, -0.1) is 12.3 Å². The quantitative estimate of drug-likeness (QED) is 0.579. The zero-order valence-electron chi connectivity index (χ0n) is 11.3. The minimum Gasteiger partial charge on any atom is -0.120 e. The molecular formula is C16H28. The Labute approximate surface area is 102 Å². The lowest BCUT2D eigenvalue weighted by molar-refractivity contribution is 0.193. The van der Waals surface area contributed by atoms with Gasteiger partial charge in [0.2, 0.25) is 0 Å². The van der Waals surface area contributed by atoms with Gasteiger partial charge in [-0.1, -0.05) is 40.0 Å². The van der Waals surface area contributed by atoms with E-state index in [0.29, 0.717) is 5.92 Å². The van der Waals surface area contributed by atoms with Gasteiger partial charge in [0.15, 0.2) is 0 Å². The van der Waals surface area contributed by atoms with Gasteiger partial charge in [0.05, 0.1) is 0 Å². The zero-order valence-corrected chi connectivity index (χ0v) is 11.3. The average Bonchev–Trinajstić information content (AvgIpc) is 2.31. The fourth-order valence-electron chi connectivity index (χ4n) is 3.08. The first-order valence-corrected chi connectivity index (χ1v) is 7.13. The third-order valence-electron chi connectivity index (χ3n) is 4.51. The van der Waals surface area contributed by atoms with Crippen LogP contribution in [0.3, 0.4) is 0 Å². The summed E-state index contributed by atoms with van der Waals surface area (Å²) in [6, 6.07) is 0. The van der Waals surface area contributed by atoms with Crippen molar-refractivity contribution in [1.82, 2.24) is 0 Å². The lowest BCUT2D eigenvalue weighted by atomic mass is 9.73. The lowest BCUT2D eigenvalue weighted by Crippen LogP contribution is -2.21. The van der Waals surface area contributed by atoms with Gasteiger partial charge in [-0.05, 0) is 43.4 Å². The maximum atomic E-state index is 5.45. The highest BCUT2D eigenvalue weighted by atomic mass is 14.3. The molecular weight excluding hydrogens is 192 g/mol. The van der Waals surface area contributed by atoms with Crippen LogP contribution in [0.5, 0.6) is 0 Å². The van der Waals surface area contributed by atoms with Crippen LogP contribution < -0.4 is 0 Å². The largest absolute Gasteiger partial charge is 0.120 e. The lowest BCUT2D eigenvalue weighted by Gasteiger charge is -2.32. The van der Waals surface area contributed by atoms with E-state index in [2.05, 4.69) is 26.7 Å². The number of rotatable bonds is 5. The summed E-state index contributed by atoms with van der Waals surface area (Å²) in [6.45, 7) is 6.93. The van der Waals surface area contributed by atoms with Crippen molar-refractivity contribution in [3.05, 3.63) is 0 Å². The fraction of sp³-hybridized carbons (Fsp3) is 0.875. The Morgan fingerprint density at radius 1 is 1.19 bits per heavy atom. The Morgan fingerprint density at radius 2 is 1.81 bits per heavy atom. The third kappa shape index (κ3) is 4.20. The zero-order chi connectivity index (χ0) is 12.0. The van der Waals surface area contributed by atoms with E-state index < -0.39 is 0 Å². The van der Waals surface area contributed by atoms with E-state index in [9.17, 15) is 0 Å². The molecule has 0 saturated heterocycles. The van der Waals surface area contributed by atoms with Gasteiger partial charge in [-0.3, -0.25) is 0 Å². The molecule has 0 N–H and O–H groups in total. The summed E-state index contributed by atoms with van der Waals surface area (Å²) in [5.41, 5.74) is 0. The molecule has 16 heavy (non-hydrogen) atoms. The van der Waals surface area contributed by atoms with Crippen molar-refractivity contribution in [1.29, 1.82) is 0 Å². The van der Waals surface area contributed by atoms with Crippen LogP contribution in [-0.2, 0) is 0 Å². The van der Waals surface area contributed by atoms with E-state index in [4.69, 9.17) is 6.42 Å². The molecule has 0 amide bonds. The molecule has 92 valence electrons. The van der Waals surface area contributed by atoms with Crippen LogP contribution in [0.2, 0.25) is 0 Å². The maximum Gasteiger partial charge on any atom is 0.0172 e. The first-order chi connectivity index (χ1) is 7.67. The molecule has 0 aromatic carbocycles. The summed E-state index contributed by atoms with van der Waals surface area (Å²) >= 11 is 0. The Kier molecular flexibility index (Phi) is 5.96. The first-order valence-electron chi connectivity index (χ1n) is 7.13. The van der Waals surface area contributed by atoms with E-state index in [1.54, 1.807) is 0 Å². The fourth-order valence-corrected chi connectivity index (χ4v) is 3.08. The summed E-state index contributed by atoms with van der Waals surface area (Å²) in [4.78, 5) is 0. The number of hydrogen-bond donors (Lipinski definition) is 0. The van der Waals surface area contributed by atoms with E-state index in [1.165, 1.54) is 44.9 Å². The van der Waals surface area contributed by atoms with Gasteiger partial charge in [-0.2, -0.15) is 0 Å². The van der Waals surface area contributed by atoms with Gasteiger partial charge in [-0.25, -0.2) is 0 Å².